The maximum absolute atomic E-state index is 8.73. The minimum atomic E-state index is 0.289. The molecule has 0 saturated heterocycles. The van der Waals surface area contributed by atoms with Gasteiger partial charge in [0, 0.05) is 13.2 Å². The van der Waals surface area contributed by atoms with Crippen LogP contribution in [-0.2, 0) is 0 Å². The Balaban J connectivity index is 1.93. The average molecular weight is 291 g/mol. The zero-order chi connectivity index (χ0) is 14.2. The van der Waals surface area contributed by atoms with Crippen LogP contribution in [-0.4, -0.2) is 22.6 Å². The van der Waals surface area contributed by atoms with Gasteiger partial charge in [0.15, 0.2) is 0 Å². The molecule has 0 aliphatic rings. The standard InChI is InChI=1S/C15H21N3OS/c16-14-13(12-8-4-3-5-9-12)15(20-18-14)17-10-6-1-2-7-11-19/h3-5,8-9,17,19H,1-2,6-7,10-11H2,(H2,16,18). The van der Waals surface area contributed by atoms with Crippen LogP contribution < -0.4 is 11.1 Å². The molecule has 4 N–H and O–H groups in total. The number of nitrogen functional groups attached to an aromatic ring is 1. The first kappa shape index (κ1) is 14.8. The Kier molecular flexibility index (Phi) is 5.83. The maximum atomic E-state index is 8.73. The van der Waals surface area contributed by atoms with E-state index in [1.807, 2.05) is 30.3 Å². The number of unbranched alkanes of at least 4 members (excludes halogenated alkanes) is 3. The molecule has 1 aromatic heterocycles. The molecule has 4 nitrogen and oxygen atoms in total. The predicted octanol–water partition coefficient (Wildman–Crippen LogP) is 3.36. The number of anilines is 2. The van der Waals surface area contributed by atoms with Crippen LogP contribution in [0.25, 0.3) is 11.1 Å². The van der Waals surface area contributed by atoms with Crippen LogP contribution in [0.1, 0.15) is 25.7 Å². The lowest BCUT2D eigenvalue weighted by atomic mass is 10.1. The van der Waals surface area contributed by atoms with E-state index in [1.165, 1.54) is 11.5 Å². The molecule has 0 unspecified atom stereocenters. The van der Waals surface area contributed by atoms with Gasteiger partial charge in [-0.05, 0) is 29.9 Å². The zero-order valence-electron chi connectivity index (χ0n) is 11.5. The van der Waals surface area contributed by atoms with Crippen LogP contribution in [0.2, 0.25) is 0 Å². The van der Waals surface area contributed by atoms with E-state index in [-0.39, 0.29) is 6.61 Å². The molecule has 1 aromatic carbocycles. The molecule has 0 radical (unpaired) electrons. The lowest BCUT2D eigenvalue weighted by Crippen LogP contribution is -2.01. The van der Waals surface area contributed by atoms with Crippen LogP contribution >= 0.6 is 11.5 Å². The fraction of sp³-hybridized carbons (Fsp3) is 0.400. The molecule has 5 heteroatoms. The summed E-state index contributed by atoms with van der Waals surface area (Å²) in [6.45, 7) is 1.20. The molecular weight excluding hydrogens is 270 g/mol. The topological polar surface area (TPSA) is 71.2 Å². The predicted molar refractivity (Wildman–Crippen MR) is 86.0 cm³/mol. The first-order valence-electron chi connectivity index (χ1n) is 6.98. The van der Waals surface area contributed by atoms with Gasteiger partial charge in [0.2, 0.25) is 0 Å². The summed E-state index contributed by atoms with van der Waals surface area (Å²) in [4.78, 5) is 0. The van der Waals surface area contributed by atoms with Crippen molar-refractivity contribution in [3.8, 4) is 11.1 Å². The molecule has 0 spiro atoms. The summed E-state index contributed by atoms with van der Waals surface area (Å²) in [5.74, 6) is 0.587. The third-order valence-corrected chi connectivity index (χ3v) is 3.97. The molecule has 0 fully saturated rings. The Morgan fingerprint density at radius 3 is 2.60 bits per heavy atom. The SMILES string of the molecule is Nc1nsc(NCCCCCCO)c1-c1ccccc1. The van der Waals surface area contributed by atoms with Crippen molar-refractivity contribution in [2.24, 2.45) is 0 Å². The maximum Gasteiger partial charge on any atom is 0.147 e. The highest BCUT2D eigenvalue weighted by molar-refractivity contribution is 7.11. The molecule has 0 atom stereocenters. The monoisotopic (exact) mass is 291 g/mol. The Labute approximate surface area is 123 Å². The molecule has 0 saturated carbocycles. The Morgan fingerprint density at radius 1 is 1.10 bits per heavy atom. The first-order chi connectivity index (χ1) is 9.83. The third-order valence-electron chi connectivity index (χ3n) is 3.15. The lowest BCUT2D eigenvalue weighted by molar-refractivity contribution is 0.283. The molecule has 1 heterocycles. The zero-order valence-corrected chi connectivity index (χ0v) is 12.3. The van der Waals surface area contributed by atoms with Crippen LogP contribution in [0.4, 0.5) is 10.8 Å². The van der Waals surface area contributed by atoms with Gasteiger partial charge in [-0.2, -0.15) is 4.37 Å². The highest BCUT2D eigenvalue weighted by Crippen LogP contribution is 2.36. The quantitative estimate of drug-likeness (QED) is 0.652. The van der Waals surface area contributed by atoms with Crippen molar-refractivity contribution in [2.75, 3.05) is 24.2 Å². The number of aliphatic hydroxyl groups is 1. The molecule has 0 amide bonds. The summed E-state index contributed by atoms with van der Waals surface area (Å²) in [5, 5.41) is 13.2. The highest BCUT2D eigenvalue weighted by Gasteiger charge is 2.12. The second-order valence-electron chi connectivity index (χ2n) is 4.70. The summed E-state index contributed by atoms with van der Waals surface area (Å²) in [6.07, 6.45) is 4.19. The fourth-order valence-corrected chi connectivity index (χ4v) is 2.86. The number of nitrogens with one attached hydrogen (secondary N) is 1. The number of aliphatic hydroxyl groups excluding tert-OH is 1. The number of benzene rings is 1. The van der Waals surface area contributed by atoms with Gasteiger partial charge in [0.1, 0.15) is 10.8 Å². The van der Waals surface area contributed by atoms with Crippen molar-refractivity contribution in [1.29, 1.82) is 0 Å². The molecule has 0 aliphatic heterocycles. The highest BCUT2D eigenvalue weighted by atomic mass is 32.1. The normalized spacial score (nSPS) is 10.7. The van der Waals surface area contributed by atoms with Crippen molar-refractivity contribution >= 4 is 22.4 Å². The Bertz CT molecular complexity index is 513. The number of hydrogen-bond donors (Lipinski definition) is 3. The van der Waals surface area contributed by atoms with E-state index < -0.39 is 0 Å². The van der Waals surface area contributed by atoms with Gasteiger partial charge < -0.3 is 16.2 Å². The molecule has 0 aliphatic carbocycles. The van der Waals surface area contributed by atoms with E-state index >= 15 is 0 Å². The van der Waals surface area contributed by atoms with E-state index in [4.69, 9.17) is 10.8 Å². The number of nitrogens with zero attached hydrogens (tertiary/aromatic N) is 1. The van der Waals surface area contributed by atoms with Crippen molar-refractivity contribution in [3.05, 3.63) is 30.3 Å². The number of aromatic nitrogens is 1. The van der Waals surface area contributed by atoms with Gasteiger partial charge >= 0.3 is 0 Å². The van der Waals surface area contributed by atoms with E-state index in [0.29, 0.717) is 5.82 Å². The molecular formula is C15H21N3OS. The summed E-state index contributed by atoms with van der Waals surface area (Å²) in [5.41, 5.74) is 8.08. The second kappa shape index (κ2) is 7.87. The molecule has 20 heavy (non-hydrogen) atoms. The van der Waals surface area contributed by atoms with Gasteiger partial charge in [-0.1, -0.05) is 43.2 Å². The molecule has 108 valence electrons. The van der Waals surface area contributed by atoms with E-state index in [2.05, 4.69) is 9.69 Å². The summed E-state index contributed by atoms with van der Waals surface area (Å²) < 4.78 is 4.25. The van der Waals surface area contributed by atoms with E-state index in [9.17, 15) is 0 Å². The number of nitrogens with two attached hydrogens (primary N) is 1. The largest absolute Gasteiger partial charge is 0.396 e. The molecule has 0 bridgehead atoms. The van der Waals surface area contributed by atoms with Crippen LogP contribution in [0.5, 0.6) is 0 Å². The van der Waals surface area contributed by atoms with Crippen molar-refractivity contribution < 1.29 is 5.11 Å². The van der Waals surface area contributed by atoms with Crippen molar-refractivity contribution in [2.45, 2.75) is 25.7 Å². The summed E-state index contributed by atoms with van der Waals surface area (Å²) >= 11 is 1.41. The van der Waals surface area contributed by atoms with Gasteiger partial charge in [0.25, 0.3) is 0 Å². The number of hydrogen-bond acceptors (Lipinski definition) is 5. The fourth-order valence-electron chi connectivity index (χ4n) is 2.10. The lowest BCUT2D eigenvalue weighted by Gasteiger charge is -2.07. The van der Waals surface area contributed by atoms with Gasteiger partial charge in [-0.25, -0.2) is 0 Å². The van der Waals surface area contributed by atoms with Gasteiger partial charge in [-0.15, -0.1) is 0 Å². The first-order valence-corrected chi connectivity index (χ1v) is 7.75. The van der Waals surface area contributed by atoms with Crippen LogP contribution in [0.3, 0.4) is 0 Å². The van der Waals surface area contributed by atoms with Crippen LogP contribution in [0.15, 0.2) is 30.3 Å². The molecule has 2 rings (SSSR count). The third kappa shape index (κ3) is 3.95. The minimum Gasteiger partial charge on any atom is -0.396 e. The summed E-state index contributed by atoms with van der Waals surface area (Å²) in [7, 11) is 0. The molecule has 2 aromatic rings. The van der Waals surface area contributed by atoms with Gasteiger partial charge in [-0.3, -0.25) is 0 Å². The second-order valence-corrected chi connectivity index (χ2v) is 5.48. The summed E-state index contributed by atoms with van der Waals surface area (Å²) in [6, 6.07) is 10.1. The van der Waals surface area contributed by atoms with Crippen molar-refractivity contribution in [1.82, 2.24) is 4.37 Å². The van der Waals surface area contributed by atoms with Crippen molar-refractivity contribution in [3.63, 3.8) is 0 Å². The number of rotatable bonds is 8. The average Bonchev–Trinajstić information content (AvgIpc) is 2.84. The van der Waals surface area contributed by atoms with E-state index in [1.54, 1.807) is 0 Å². The Hall–Kier alpha value is -1.59. The van der Waals surface area contributed by atoms with Crippen LogP contribution in [0, 0.1) is 0 Å². The smallest absolute Gasteiger partial charge is 0.147 e. The van der Waals surface area contributed by atoms with Gasteiger partial charge in [0.05, 0.1) is 5.56 Å². The minimum absolute atomic E-state index is 0.289. The van der Waals surface area contributed by atoms with E-state index in [0.717, 1.165) is 48.4 Å². The Morgan fingerprint density at radius 2 is 1.85 bits per heavy atom.